The maximum absolute atomic E-state index is 12.4. The molecule has 1 aliphatic heterocycles. The summed E-state index contributed by atoms with van der Waals surface area (Å²) in [6.45, 7) is 1.05. The Morgan fingerprint density at radius 1 is 1.31 bits per heavy atom. The van der Waals surface area contributed by atoms with Gasteiger partial charge in [-0.25, -0.2) is 4.98 Å². The number of methoxy groups -OCH3 is 1. The molecular weight excluding hydrogens is 330 g/mol. The average Bonchev–Trinajstić information content (AvgIpc) is 3.09. The van der Waals surface area contributed by atoms with Crippen LogP contribution >= 0.6 is 0 Å². The number of aryl methyl sites for hydroxylation is 1. The molecule has 134 valence electrons. The van der Waals surface area contributed by atoms with Gasteiger partial charge in [0.25, 0.3) is 0 Å². The van der Waals surface area contributed by atoms with Gasteiger partial charge < -0.3 is 19.4 Å². The number of hydrogen-bond donors (Lipinski definition) is 1. The summed E-state index contributed by atoms with van der Waals surface area (Å²) < 4.78 is 13.1. The molecule has 0 spiro atoms. The van der Waals surface area contributed by atoms with E-state index in [1.807, 2.05) is 47.0 Å². The Kier molecular flexibility index (Phi) is 4.48. The molecule has 1 atom stereocenters. The van der Waals surface area contributed by atoms with Crippen LogP contribution in [0.15, 0.2) is 48.8 Å². The number of carbonyl (C=O) groups excluding carboxylic acids is 1. The van der Waals surface area contributed by atoms with Crippen LogP contribution in [0.25, 0.3) is 11.0 Å². The normalized spacial score (nSPS) is 16.0. The van der Waals surface area contributed by atoms with E-state index in [-0.39, 0.29) is 11.9 Å². The number of rotatable bonds is 5. The summed E-state index contributed by atoms with van der Waals surface area (Å²) in [6.07, 6.45) is 2.93. The quantitative estimate of drug-likeness (QED) is 0.767. The molecule has 2 aromatic carbocycles. The molecule has 2 heterocycles. The van der Waals surface area contributed by atoms with Gasteiger partial charge in [0.2, 0.25) is 5.91 Å². The summed E-state index contributed by atoms with van der Waals surface area (Å²) in [6, 6.07) is 13.7. The van der Waals surface area contributed by atoms with Crippen LogP contribution in [0.1, 0.15) is 12.0 Å². The molecule has 1 N–H and O–H groups in total. The van der Waals surface area contributed by atoms with Crippen LogP contribution in [0.5, 0.6) is 11.5 Å². The highest BCUT2D eigenvalue weighted by Crippen LogP contribution is 2.34. The average molecular weight is 351 g/mol. The van der Waals surface area contributed by atoms with Crippen molar-refractivity contribution in [3.05, 3.63) is 54.4 Å². The Labute approximate surface area is 151 Å². The van der Waals surface area contributed by atoms with Crippen LogP contribution in [0.2, 0.25) is 0 Å². The molecule has 0 radical (unpaired) electrons. The van der Waals surface area contributed by atoms with Gasteiger partial charge in [-0.05, 0) is 24.6 Å². The summed E-state index contributed by atoms with van der Waals surface area (Å²) >= 11 is 0. The minimum Gasteiger partial charge on any atom is -0.493 e. The third kappa shape index (κ3) is 3.22. The van der Waals surface area contributed by atoms with Gasteiger partial charge in [-0.1, -0.05) is 24.3 Å². The predicted molar refractivity (Wildman–Crippen MR) is 98.5 cm³/mol. The summed E-state index contributed by atoms with van der Waals surface area (Å²) in [5.41, 5.74) is 3.04. The zero-order chi connectivity index (χ0) is 17.9. The summed E-state index contributed by atoms with van der Waals surface area (Å²) in [5.74, 6) is 1.53. The van der Waals surface area contributed by atoms with E-state index in [0.29, 0.717) is 19.6 Å². The van der Waals surface area contributed by atoms with E-state index < -0.39 is 0 Å². The van der Waals surface area contributed by atoms with Gasteiger partial charge in [0.15, 0.2) is 11.5 Å². The van der Waals surface area contributed by atoms with E-state index in [1.54, 1.807) is 13.4 Å². The van der Waals surface area contributed by atoms with Crippen LogP contribution in [-0.2, 0) is 17.8 Å². The van der Waals surface area contributed by atoms with Gasteiger partial charge in [-0.15, -0.1) is 0 Å². The second-order valence-electron chi connectivity index (χ2n) is 6.40. The number of aromatic nitrogens is 2. The first kappa shape index (κ1) is 16.4. The molecule has 4 rings (SSSR count). The van der Waals surface area contributed by atoms with Crippen LogP contribution in [-0.4, -0.2) is 35.2 Å². The summed E-state index contributed by atoms with van der Waals surface area (Å²) in [5, 5.41) is 3.07. The van der Waals surface area contributed by atoms with Crippen molar-refractivity contribution in [3.8, 4) is 11.5 Å². The van der Waals surface area contributed by atoms with E-state index in [9.17, 15) is 4.79 Å². The van der Waals surface area contributed by atoms with Crippen molar-refractivity contribution in [2.24, 2.45) is 0 Å². The molecule has 0 saturated carbocycles. The molecule has 0 bridgehead atoms. The highest BCUT2D eigenvalue weighted by atomic mass is 16.5. The number of imidazole rings is 1. The Hall–Kier alpha value is -3.02. The molecule has 1 aromatic heterocycles. The number of benzene rings is 2. The van der Waals surface area contributed by atoms with Crippen LogP contribution in [0, 0.1) is 0 Å². The highest BCUT2D eigenvalue weighted by molar-refractivity contribution is 5.77. The number of nitrogens with one attached hydrogen (secondary N) is 1. The van der Waals surface area contributed by atoms with Crippen molar-refractivity contribution >= 4 is 16.9 Å². The number of amides is 1. The molecular formula is C20H21N3O3. The van der Waals surface area contributed by atoms with E-state index in [4.69, 9.17) is 9.47 Å². The van der Waals surface area contributed by atoms with Crippen LogP contribution in [0.4, 0.5) is 0 Å². The third-order valence-electron chi connectivity index (χ3n) is 4.65. The topological polar surface area (TPSA) is 65.4 Å². The Morgan fingerprint density at radius 3 is 3.08 bits per heavy atom. The fourth-order valence-corrected chi connectivity index (χ4v) is 3.36. The van der Waals surface area contributed by atoms with Gasteiger partial charge >= 0.3 is 0 Å². The first-order valence-corrected chi connectivity index (χ1v) is 8.72. The summed E-state index contributed by atoms with van der Waals surface area (Å²) in [7, 11) is 1.63. The Morgan fingerprint density at radius 2 is 2.19 bits per heavy atom. The Balaban J connectivity index is 1.35. The van der Waals surface area contributed by atoms with E-state index in [2.05, 4.69) is 10.3 Å². The van der Waals surface area contributed by atoms with Gasteiger partial charge in [-0.2, -0.15) is 0 Å². The number of carbonyl (C=O) groups is 1. The molecule has 1 unspecified atom stereocenters. The number of nitrogens with zero attached hydrogens (tertiary/aromatic N) is 2. The lowest BCUT2D eigenvalue weighted by atomic mass is 10.0. The first-order valence-electron chi connectivity index (χ1n) is 8.72. The maximum Gasteiger partial charge on any atom is 0.222 e. The molecule has 0 saturated heterocycles. The predicted octanol–water partition coefficient (Wildman–Crippen LogP) is 2.55. The molecule has 6 heteroatoms. The second-order valence-corrected chi connectivity index (χ2v) is 6.40. The van der Waals surface area contributed by atoms with Crippen molar-refractivity contribution in [3.63, 3.8) is 0 Å². The standard InChI is InChI=1S/C20H21N3O3/c1-25-18-8-4-5-14-11-15(12-26-20(14)18)22-19(24)9-10-23-13-21-16-6-2-3-7-17(16)23/h2-8,13,15H,9-12H2,1H3,(H,22,24). The Bertz CT molecular complexity index is 935. The van der Waals surface area contributed by atoms with Crippen molar-refractivity contribution < 1.29 is 14.3 Å². The van der Waals surface area contributed by atoms with Crippen molar-refractivity contribution in [1.29, 1.82) is 0 Å². The zero-order valence-corrected chi connectivity index (χ0v) is 14.6. The molecule has 0 fully saturated rings. The number of para-hydroxylation sites is 3. The lowest BCUT2D eigenvalue weighted by Gasteiger charge is -2.27. The van der Waals surface area contributed by atoms with Crippen LogP contribution < -0.4 is 14.8 Å². The minimum atomic E-state index is -0.0263. The first-order chi connectivity index (χ1) is 12.7. The molecule has 26 heavy (non-hydrogen) atoms. The third-order valence-corrected chi connectivity index (χ3v) is 4.65. The number of ether oxygens (including phenoxy) is 2. The van der Waals surface area contributed by atoms with E-state index in [1.165, 1.54) is 0 Å². The van der Waals surface area contributed by atoms with Gasteiger partial charge in [-0.3, -0.25) is 4.79 Å². The smallest absolute Gasteiger partial charge is 0.222 e. The fraction of sp³-hybridized carbons (Fsp3) is 0.300. The lowest BCUT2D eigenvalue weighted by molar-refractivity contribution is -0.122. The fourth-order valence-electron chi connectivity index (χ4n) is 3.36. The molecule has 3 aromatic rings. The molecule has 6 nitrogen and oxygen atoms in total. The number of fused-ring (bicyclic) bond motifs is 2. The molecule has 1 amide bonds. The van der Waals surface area contributed by atoms with Crippen molar-refractivity contribution in [1.82, 2.24) is 14.9 Å². The SMILES string of the molecule is COc1cccc2c1OCC(NC(=O)CCn1cnc3ccccc31)C2. The van der Waals surface area contributed by atoms with Crippen molar-refractivity contribution in [2.75, 3.05) is 13.7 Å². The summed E-state index contributed by atoms with van der Waals surface area (Å²) in [4.78, 5) is 16.7. The second kappa shape index (κ2) is 7.07. The zero-order valence-electron chi connectivity index (χ0n) is 14.6. The minimum absolute atomic E-state index is 0.0164. The maximum atomic E-state index is 12.4. The van der Waals surface area contributed by atoms with Gasteiger partial charge in [0, 0.05) is 18.5 Å². The lowest BCUT2D eigenvalue weighted by Crippen LogP contribution is -2.43. The monoisotopic (exact) mass is 351 g/mol. The molecule has 0 aliphatic carbocycles. The highest BCUT2D eigenvalue weighted by Gasteiger charge is 2.23. The number of hydrogen-bond acceptors (Lipinski definition) is 4. The van der Waals surface area contributed by atoms with Gasteiger partial charge in [0.1, 0.15) is 6.61 Å². The largest absolute Gasteiger partial charge is 0.493 e. The van der Waals surface area contributed by atoms with Crippen molar-refractivity contribution in [2.45, 2.75) is 25.4 Å². The van der Waals surface area contributed by atoms with E-state index in [0.717, 1.165) is 34.5 Å². The van der Waals surface area contributed by atoms with E-state index >= 15 is 0 Å². The van der Waals surface area contributed by atoms with Crippen LogP contribution in [0.3, 0.4) is 0 Å². The van der Waals surface area contributed by atoms with Gasteiger partial charge in [0.05, 0.1) is 30.5 Å². The molecule has 1 aliphatic rings.